The molecule has 0 radical (unpaired) electrons. The molecule has 0 atom stereocenters. The minimum atomic E-state index is -0.124. The molecule has 0 saturated heterocycles. The molecule has 1 aliphatic heterocycles. The van der Waals surface area contributed by atoms with E-state index in [1.807, 2.05) is 68.4 Å². The average Bonchev–Trinajstić information content (AvgIpc) is 3.47. The Hall–Kier alpha value is -4.00. The molecule has 1 amide bonds. The van der Waals surface area contributed by atoms with Gasteiger partial charge in [-0.1, -0.05) is 47.1 Å². The quantitative estimate of drug-likeness (QED) is 0.429. The largest absolute Gasteiger partial charge is 0.335 e. The van der Waals surface area contributed by atoms with Crippen molar-refractivity contribution in [3.63, 3.8) is 0 Å². The van der Waals surface area contributed by atoms with Gasteiger partial charge >= 0.3 is 0 Å². The van der Waals surface area contributed by atoms with Crippen LogP contribution in [-0.4, -0.2) is 32.1 Å². The van der Waals surface area contributed by atoms with Crippen molar-refractivity contribution >= 4 is 34.0 Å². The lowest BCUT2D eigenvalue weighted by atomic mass is 10.0. The molecular weight excluding hydrogens is 390 g/mol. The molecule has 0 aliphatic carbocycles. The van der Waals surface area contributed by atoms with Crippen LogP contribution >= 0.6 is 0 Å². The summed E-state index contributed by atoms with van der Waals surface area (Å²) in [5.74, 6) is 0.545. The number of aromatic nitrogens is 4. The second-order valence-electron chi connectivity index (χ2n) is 7.88. The van der Waals surface area contributed by atoms with E-state index in [1.54, 1.807) is 4.90 Å². The zero-order valence-electron chi connectivity index (χ0n) is 17.2. The number of carbonyl (C=O) groups is 1. The van der Waals surface area contributed by atoms with E-state index in [0.29, 0.717) is 47.1 Å². The Morgan fingerprint density at radius 2 is 1.81 bits per heavy atom. The monoisotopic (exact) mass is 409 g/mol. The number of imidazole rings is 1. The predicted octanol–water partition coefficient (Wildman–Crippen LogP) is 4.52. The third kappa shape index (κ3) is 2.66. The number of aryl methyl sites for hydroxylation is 2. The van der Waals surface area contributed by atoms with Crippen LogP contribution in [-0.2, 0) is 6.54 Å². The van der Waals surface area contributed by atoms with Crippen molar-refractivity contribution in [1.82, 2.24) is 19.7 Å². The Kier molecular flexibility index (Phi) is 3.74. The van der Waals surface area contributed by atoms with E-state index in [0.717, 1.165) is 22.2 Å². The van der Waals surface area contributed by atoms with Gasteiger partial charge in [0.25, 0.3) is 11.6 Å². The fourth-order valence-electron chi connectivity index (χ4n) is 4.26. The molecule has 0 bridgehead atoms. The lowest BCUT2D eigenvalue weighted by molar-refractivity contribution is 0.0990. The smallest absolute Gasteiger partial charge is 0.261 e. The van der Waals surface area contributed by atoms with Crippen molar-refractivity contribution in [3.05, 3.63) is 71.4 Å². The Balaban J connectivity index is 1.51. The van der Waals surface area contributed by atoms with E-state index >= 15 is 0 Å². The molecule has 5 aromatic rings. The Morgan fingerprint density at radius 3 is 2.65 bits per heavy atom. The lowest BCUT2D eigenvalue weighted by Crippen LogP contribution is -2.29. The van der Waals surface area contributed by atoms with E-state index in [-0.39, 0.29) is 5.91 Å². The van der Waals surface area contributed by atoms with E-state index in [9.17, 15) is 4.79 Å². The van der Waals surface area contributed by atoms with Crippen LogP contribution in [0.4, 0.5) is 5.95 Å². The third-order valence-corrected chi connectivity index (χ3v) is 5.86. The van der Waals surface area contributed by atoms with E-state index < -0.39 is 0 Å². The van der Waals surface area contributed by atoms with Crippen molar-refractivity contribution in [3.8, 4) is 11.3 Å². The van der Waals surface area contributed by atoms with Crippen molar-refractivity contribution < 1.29 is 9.32 Å². The van der Waals surface area contributed by atoms with Crippen LogP contribution in [0.15, 0.2) is 59.1 Å². The first-order valence-corrected chi connectivity index (χ1v) is 10.2. The van der Waals surface area contributed by atoms with Gasteiger partial charge in [0.05, 0.1) is 33.4 Å². The van der Waals surface area contributed by atoms with Crippen LogP contribution in [0, 0.1) is 13.8 Å². The summed E-state index contributed by atoms with van der Waals surface area (Å²) in [4.78, 5) is 24.8. The van der Waals surface area contributed by atoms with Gasteiger partial charge < -0.3 is 9.09 Å². The number of rotatable bonds is 2. The van der Waals surface area contributed by atoms with Gasteiger partial charge in [-0.15, -0.1) is 0 Å². The van der Waals surface area contributed by atoms with Gasteiger partial charge in [-0.3, -0.25) is 9.69 Å². The molecule has 7 heteroatoms. The van der Waals surface area contributed by atoms with Crippen molar-refractivity contribution in [2.24, 2.45) is 0 Å². The molecule has 0 N–H and O–H groups in total. The van der Waals surface area contributed by atoms with E-state index in [1.165, 1.54) is 0 Å². The number of fused-ring (bicyclic) bond motifs is 4. The molecule has 0 fully saturated rings. The van der Waals surface area contributed by atoms with Crippen LogP contribution < -0.4 is 4.90 Å². The average molecular weight is 409 g/mol. The molecule has 7 nitrogen and oxygen atoms in total. The molecule has 1 aliphatic rings. The topological polar surface area (TPSA) is 77.0 Å². The summed E-state index contributed by atoms with van der Waals surface area (Å²) in [5.41, 5.74) is 6.22. The Labute approximate surface area is 177 Å². The van der Waals surface area contributed by atoms with Crippen LogP contribution in [0.25, 0.3) is 33.4 Å². The second-order valence-corrected chi connectivity index (χ2v) is 7.88. The molecule has 0 unspecified atom stereocenters. The van der Waals surface area contributed by atoms with Gasteiger partial charge in [0, 0.05) is 18.7 Å². The number of amides is 1. The summed E-state index contributed by atoms with van der Waals surface area (Å²) in [7, 11) is 0. The highest BCUT2D eigenvalue weighted by atomic mass is 16.5. The van der Waals surface area contributed by atoms with Crippen molar-refractivity contribution in [2.75, 3.05) is 11.4 Å². The number of para-hydroxylation sites is 2. The highest BCUT2D eigenvalue weighted by Gasteiger charge is 2.31. The molecular formula is C24H19N5O2. The van der Waals surface area contributed by atoms with Crippen LogP contribution in [0.2, 0.25) is 0 Å². The normalized spacial score (nSPS) is 13.3. The summed E-state index contributed by atoms with van der Waals surface area (Å²) in [6, 6.07) is 17.8. The summed E-state index contributed by atoms with van der Waals surface area (Å²) >= 11 is 0. The number of nitrogens with zero attached hydrogens (tertiary/aromatic N) is 5. The minimum Gasteiger partial charge on any atom is -0.335 e. The minimum absolute atomic E-state index is 0.124. The Morgan fingerprint density at radius 1 is 1.00 bits per heavy atom. The molecule has 31 heavy (non-hydrogen) atoms. The lowest BCUT2D eigenvalue weighted by Gasteiger charge is -2.15. The summed E-state index contributed by atoms with van der Waals surface area (Å²) in [6.07, 6.45) is 0. The number of hydrogen-bond donors (Lipinski definition) is 0. The van der Waals surface area contributed by atoms with Gasteiger partial charge in [-0.25, -0.2) is 9.97 Å². The van der Waals surface area contributed by atoms with Gasteiger partial charge in [0.15, 0.2) is 0 Å². The number of pyridine rings is 1. The summed E-state index contributed by atoms with van der Waals surface area (Å²) in [6.45, 7) is 5.15. The standard InChI is InChI=1S/C24H19N5O2/c1-14-7-9-16(10-8-14)19-13-17(21-15(2)27-31-22(21)25-19)23(30)29-12-11-28-20-6-4-3-5-18(20)26-24(28)29/h3-10,13H,11-12H2,1-2H3. The van der Waals surface area contributed by atoms with E-state index in [4.69, 9.17) is 9.51 Å². The summed E-state index contributed by atoms with van der Waals surface area (Å²) in [5, 5.41) is 4.71. The number of carbonyl (C=O) groups excluding carboxylic acids is 1. The van der Waals surface area contributed by atoms with Crippen molar-refractivity contribution in [2.45, 2.75) is 20.4 Å². The van der Waals surface area contributed by atoms with Gasteiger partial charge in [0.2, 0.25) is 5.95 Å². The second kappa shape index (κ2) is 6.50. The van der Waals surface area contributed by atoms with Crippen LogP contribution in [0.5, 0.6) is 0 Å². The SMILES string of the molecule is Cc1ccc(-c2cc(C(=O)N3CCn4c3nc3ccccc34)c3c(C)noc3n2)cc1. The maximum Gasteiger partial charge on any atom is 0.261 e. The molecule has 2 aromatic carbocycles. The maximum atomic E-state index is 13.8. The Bertz CT molecular complexity index is 1480. The van der Waals surface area contributed by atoms with Gasteiger partial charge in [-0.2, -0.15) is 0 Å². The first-order valence-electron chi connectivity index (χ1n) is 10.2. The highest BCUT2D eigenvalue weighted by Crippen LogP contribution is 2.32. The first-order chi connectivity index (χ1) is 15.1. The zero-order valence-corrected chi connectivity index (χ0v) is 17.2. The van der Waals surface area contributed by atoms with Crippen LogP contribution in [0.3, 0.4) is 0 Å². The summed E-state index contributed by atoms with van der Waals surface area (Å²) < 4.78 is 7.54. The predicted molar refractivity (Wildman–Crippen MR) is 118 cm³/mol. The highest BCUT2D eigenvalue weighted by molar-refractivity contribution is 6.14. The van der Waals surface area contributed by atoms with Gasteiger partial charge in [-0.05, 0) is 32.0 Å². The number of anilines is 1. The first kappa shape index (κ1) is 17.8. The number of hydrogen-bond acceptors (Lipinski definition) is 5. The molecule has 0 spiro atoms. The maximum absolute atomic E-state index is 13.8. The molecule has 4 heterocycles. The molecule has 152 valence electrons. The number of benzene rings is 2. The zero-order chi connectivity index (χ0) is 21.1. The van der Waals surface area contributed by atoms with E-state index in [2.05, 4.69) is 14.7 Å². The third-order valence-electron chi connectivity index (χ3n) is 5.86. The molecule has 0 saturated carbocycles. The van der Waals surface area contributed by atoms with Crippen molar-refractivity contribution in [1.29, 1.82) is 0 Å². The molecule has 3 aromatic heterocycles. The van der Waals surface area contributed by atoms with Gasteiger partial charge in [0.1, 0.15) is 0 Å². The molecule has 6 rings (SSSR count). The fraction of sp³-hybridized carbons (Fsp3) is 0.167. The fourth-order valence-corrected chi connectivity index (χ4v) is 4.26. The van der Waals surface area contributed by atoms with Crippen LogP contribution in [0.1, 0.15) is 21.6 Å².